The number of hydrogen-bond acceptors (Lipinski definition) is 3. The second-order valence-electron chi connectivity index (χ2n) is 4.06. The fourth-order valence-electron chi connectivity index (χ4n) is 1.68. The molecule has 0 spiro atoms. The van der Waals surface area contributed by atoms with Gasteiger partial charge in [-0.1, -0.05) is 0 Å². The molecule has 0 unspecified atom stereocenters. The van der Waals surface area contributed by atoms with Crippen LogP contribution in [-0.2, 0) is 4.79 Å². The van der Waals surface area contributed by atoms with E-state index in [4.69, 9.17) is 5.11 Å². The van der Waals surface area contributed by atoms with E-state index in [1.54, 1.807) is 4.90 Å². The van der Waals surface area contributed by atoms with Crippen molar-refractivity contribution in [2.75, 3.05) is 33.2 Å². The zero-order valence-electron chi connectivity index (χ0n) is 9.53. The van der Waals surface area contributed by atoms with Gasteiger partial charge >= 0.3 is 12.0 Å². The zero-order chi connectivity index (χ0) is 12.0. The molecule has 1 fully saturated rings. The molecule has 1 rings (SSSR count). The highest BCUT2D eigenvalue weighted by atomic mass is 16.4. The third-order valence-electron chi connectivity index (χ3n) is 2.59. The number of nitrogens with zero attached hydrogens (tertiary/aromatic N) is 1. The molecule has 0 aliphatic carbocycles. The molecule has 0 saturated carbocycles. The van der Waals surface area contributed by atoms with E-state index in [2.05, 4.69) is 10.6 Å². The van der Waals surface area contributed by atoms with E-state index < -0.39 is 5.97 Å². The lowest BCUT2D eigenvalue weighted by Gasteiger charge is -2.38. The maximum Gasteiger partial charge on any atom is 0.317 e. The smallest absolute Gasteiger partial charge is 0.317 e. The summed E-state index contributed by atoms with van der Waals surface area (Å²) in [6.45, 7) is 2.65. The molecule has 6 heteroatoms. The number of amides is 2. The Kier molecular flexibility index (Phi) is 5.04. The van der Waals surface area contributed by atoms with Crippen molar-refractivity contribution in [1.29, 1.82) is 0 Å². The van der Waals surface area contributed by atoms with E-state index >= 15 is 0 Å². The van der Waals surface area contributed by atoms with Gasteiger partial charge in [0.2, 0.25) is 0 Å². The Morgan fingerprint density at radius 1 is 1.38 bits per heavy atom. The number of carboxylic acid groups (broad SMARTS) is 1. The SMILES string of the molecule is CNCCCNC(=O)N1CC(CC(=O)O)C1. The molecule has 0 radical (unpaired) electrons. The minimum Gasteiger partial charge on any atom is -0.481 e. The number of carbonyl (C=O) groups is 2. The van der Waals surface area contributed by atoms with Crippen LogP contribution < -0.4 is 10.6 Å². The first-order valence-corrected chi connectivity index (χ1v) is 5.52. The molecule has 0 aromatic heterocycles. The number of rotatable bonds is 6. The predicted molar refractivity (Wildman–Crippen MR) is 59.3 cm³/mol. The minimum absolute atomic E-state index is 0.0854. The maximum atomic E-state index is 11.5. The van der Waals surface area contributed by atoms with Gasteiger partial charge in [0.1, 0.15) is 0 Å². The van der Waals surface area contributed by atoms with Gasteiger partial charge in [-0.3, -0.25) is 4.79 Å². The van der Waals surface area contributed by atoms with Crippen LogP contribution in [0.5, 0.6) is 0 Å². The number of hydrogen-bond donors (Lipinski definition) is 3. The van der Waals surface area contributed by atoms with Gasteiger partial charge in [0, 0.05) is 25.6 Å². The maximum absolute atomic E-state index is 11.5. The second kappa shape index (κ2) is 6.32. The number of urea groups is 1. The van der Waals surface area contributed by atoms with Gasteiger partial charge in [0.15, 0.2) is 0 Å². The first-order chi connectivity index (χ1) is 7.63. The van der Waals surface area contributed by atoms with Crippen molar-refractivity contribution in [3.05, 3.63) is 0 Å². The summed E-state index contributed by atoms with van der Waals surface area (Å²) in [6.07, 6.45) is 1.05. The van der Waals surface area contributed by atoms with Crippen LogP contribution in [0.1, 0.15) is 12.8 Å². The topological polar surface area (TPSA) is 81.7 Å². The van der Waals surface area contributed by atoms with Gasteiger partial charge in [-0.2, -0.15) is 0 Å². The van der Waals surface area contributed by atoms with E-state index in [1.807, 2.05) is 7.05 Å². The summed E-state index contributed by atoms with van der Waals surface area (Å²) in [5.41, 5.74) is 0. The van der Waals surface area contributed by atoms with Crippen molar-refractivity contribution in [3.8, 4) is 0 Å². The molecule has 1 heterocycles. The van der Waals surface area contributed by atoms with Crippen LogP contribution in [0.4, 0.5) is 4.79 Å². The molecular weight excluding hydrogens is 210 g/mol. The third kappa shape index (κ3) is 4.06. The summed E-state index contributed by atoms with van der Waals surface area (Å²) in [5.74, 6) is -0.667. The van der Waals surface area contributed by atoms with Crippen molar-refractivity contribution in [2.45, 2.75) is 12.8 Å². The summed E-state index contributed by atoms with van der Waals surface area (Å²) in [7, 11) is 1.87. The Hall–Kier alpha value is -1.30. The molecule has 3 N–H and O–H groups in total. The van der Waals surface area contributed by atoms with Gasteiger partial charge in [-0.15, -0.1) is 0 Å². The first kappa shape index (κ1) is 12.8. The van der Waals surface area contributed by atoms with Crippen LogP contribution in [0.15, 0.2) is 0 Å². The van der Waals surface area contributed by atoms with Crippen LogP contribution in [-0.4, -0.2) is 55.2 Å². The highest BCUT2D eigenvalue weighted by molar-refractivity contribution is 5.75. The molecule has 6 nitrogen and oxygen atoms in total. The Balaban J connectivity index is 2.05. The Morgan fingerprint density at radius 3 is 2.62 bits per heavy atom. The first-order valence-electron chi connectivity index (χ1n) is 5.52. The van der Waals surface area contributed by atoms with Crippen LogP contribution in [0.3, 0.4) is 0 Å². The Morgan fingerprint density at radius 2 is 2.06 bits per heavy atom. The summed E-state index contributed by atoms with van der Waals surface area (Å²) >= 11 is 0. The summed E-state index contributed by atoms with van der Waals surface area (Å²) in [6, 6.07) is -0.0854. The molecule has 16 heavy (non-hydrogen) atoms. The van der Waals surface area contributed by atoms with Crippen molar-refractivity contribution >= 4 is 12.0 Å². The lowest BCUT2D eigenvalue weighted by molar-refractivity contribution is -0.139. The average molecular weight is 229 g/mol. The van der Waals surface area contributed by atoms with Crippen molar-refractivity contribution < 1.29 is 14.7 Å². The zero-order valence-corrected chi connectivity index (χ0v) is 9.53. The molecule has 0 atom stereocenters. The fourth-order valence-corrected chi connectivity index (χ4v) is 1.68. The summed E-state index contributed by atoms with van der Waals surface area (Å²) in [5, 5.41) is 14.3. The number of aliphatic carboxylic acids is 1. The number of nitrogens with one attached hydrogen (secondary N) is 2. The number of carbonyl (C=O) groups excluding carboxylic acids is 1. The van der Waals surface area contributed by atoms with Crippen molar-refractivity contribution in [2.24, 2.45) is 5.92 Å². The van der Waals surface area contributed by atoms with Gasteiger partial charge in [0.05, 0.1) is 6.42 Å². The normalized spacial score (nSPS) is 15.7. The van der Waals surface area contributed by atoms with Crippen LogP contribution >= 0.6 is 0 Å². The predicted octanol–water partition coefficient (Wildman–Crippen LogP) is -0.288. The monoisotopic (exact) mass is 229 g/mol. The number of likely N-dealkylation sites (tertiary alicyclic amines) is 1. The minimum atomic E-state index is -0.793. The lowest BCUT2D eigenvalue weighted by Crippen LogP contribution is -2.54. The molecule has 0 aromatic rings. The van der Waals surface area contributed by atoms with Crippen LogP contribution in [0.2, 0.25) is 0 Å². The van der Waals surface area contributed by atoms with E-state index in [-0.39, 0.29) is 18.4 Å². The quantitative estimate of drug-likeness (QED) is 0.547. The average Bonchev–Trinajstić information content (AvgIpc) is 2.17. The molecule has 1 aliphatic heterocycles. The Labute approximate surface area is 95.0 Å². The molecule has 1 saturated heterocycles. The summed E-state index contributed by atoms with van der Waals surface area (Å²) < 4.78 is 0. The van der Waals surface area contributed by atoms with Gasteiger partial charge < -0.3 is 20.6 Å². The second-order valence-corrected chi connectivity index (χ2v) is 4.06. The van der Waals surface area contributed by atoms with Crippen LogP contribution in [0.25, 0.3) is 0 Å². The van der Waals surface area contributed by atoms with E-state index in [9.17, 15) is 9.59 Å². The highest BCUT2D eigenvalue weighted by Gasteiger charge is 2.31. The number of carboxylic acids is 1. The molecule has 92 valence electrons. The third-order valence-corrected chi connectivity index (χ3v) is 2.59. The van der Waals surface area contributed by atoms with Crippen molar-refractivity contribution in [3.63, 3.8) is 0 Å². The molecule has 0 aromatic carbocycles. The van der Waals surface area contributed by atoms with Crippen molar-refractivity contribution in [1.82, 2.24) is 15.5 Å². The summed E-state index contributed by atoms with van der Waals surface area (Å²) in [4.78, 5) is 23.5. The molecule has 2 amide bonds. The highest BCUT2D eigenvalue weighted by Crippen LogP contribution is 2.18. The van der Waals surface area contributed by atoms with E-state index in [1.165, 1.54) is 0 Å². The fraction of sp³-hybridized carbons (Fsp3) is 0.800. The standard InChI is InChI=1S/C10H19N3O3/c1-11-3-2-4-12-10(16)13-6-8(7-13)5-9(14)15/h8,11H,2-7H2,1H3,(H,12,16)(H,14,15). The van der Waals surface area contributed by atoms with Gasteiger partial charge in [0.25, 0.3) is 0 Å². The van der Waals surface area contributed by atoms with Gasteiger partial charge in [-0.05, 0) is 20.0 Å². The molecule has 0 bridgehead atoms. The largest absolute Gasteiger partial charge is 0.481 e. The molecular formula is C10H19N3O3. The van der Waals surface area contributed by atoms with E-state index in [0.29, 0.717) is 19.6 Å². The lowest BCUT2D eigenvalue weighted by atomic mass is 9.97. The van der Waals surface area contributed by atoms with Crippen LogP contribution in [0, 0.1) is 5.92 Å². The van der Waals surface area contributed by atoms with Gasteiger partial charge in [-0.25, -0.2) is 4.79 Å². The molecule has 1 aliphatic rings. The van der Waals surface area contributed by atoms with E-state index in [0.717, 1.165) is 13.0 Å². The Bertz CT molecular complexity index is 252.